The van der Waals surface area contributed by atoms with Gasteiger partial charge in [-0.3, -0.25) is 4.79 Å². The van der Waals surface area contributed by atoms with Crippen LogP contribution in [0, 0.1) is 20.8 Å². The van der Waals surface area contributed by atoms with Gasteiger partial charge >= 0.3 is 0 Å². The fourth-order valence-corrected chi connectivity index (χ4v) is 2.58. The fourth-order valence-electron chi connectivity index (χ4n) is 1.55. The van der Waals surface area contributed by atoms with Gasteiger partial charge in [-0.25, -0.2) is 4.98 Å². The van der Waals surface area contributed by atoms with Crippen LogP contribution < -0.4 is 0 Å². The van der Waals surface area contributed by atoms with Crippen molar-refractivity contribution in [2.75, 3.05) is 5.75 Å². The van der Waals surface area contributed by atoms with E-state index < -0.39 is 0 Å². The van der Waals surface area contributed by atoms with E-state index in [0.717, 1.165) is 27.4 Å². The van der Waals surface area contributed by atoms with Gasteiger partial charge in [-0.1, -0.05) is 11.8 Å². The molecule has 3 heteroatoms. The molecule has 13 heavy (non-hydrogen) atoms. The van der Waals surface area contributed by atoms with Crippen molar-refractivity contribution >= 4 is 17.5 Å². The van der Waals surface area contributed by atoms with Crippen molar-refractivity contribution in [3.63, 3.8) is 0 Å². The van der Waals surface area contributed by atoms with Gasteiger partial charge in [0, 0.05) is 5.69 Å². The first-order chi connectivity index (χ1) is 6.11. The number of aryl methyl sites for hydroxylation is 1. The number of hydrogen-bond donors (Lipinski definition) is 0. The molecule has 0 aromatic carbocycles. The van der Waals surface area contributed by atoms with Crippen LogP contribution in [0.25, 0.3) is 0 Å². The van der Waals surface area contributed by atoms with Gasteiger partial charge in [-0.15, -0.1) is 0 Å². The number of aromatic nitrogens is 1. The molecule has 0 bridgehead atoms. The SMILES string of the molecule is Cc1nc2c(c(C)c1C)C(=O)CS2. The fraction of sp³-hybridized carbons (Fsp3) is 0.400. The highest BCUT2D eigenvalue weighted by atomic mass is 32.2. The molecule has 2 nitrogen and oxygen atoms in total. The van der Waals surface area contributed by atoms with E-state index >= 15 is 0 Å². The van der Waals surface area contributed by atoms with Crippen molar-refractivity contribution in [3.05, 3.63) is 22.4 Å². The van der Waals surface area contributed by atoms with Crippen LogP contribution in [0.15, 0.2) is 5.03 Å². The number of rotatable bonds is 0. The van der Waals surface area contributed by atoms with Crippen molar-refractivity contribution in [2.45, 2.75) is 25.8 Å². The van der Waals surface area contributed by atoms with E-state index in [1.165, 1.54) is 0 Å². The number of Topliss-reactive ketones (excluding diaryl/α,β-unsaturated/α-hetero) is 1. The predicted octanol–water partition coefficient (Wildman–Crippen LogP) is 2.30. The van der Waals surface area contributed by atoms with Gasteiger partial charge in [0.1, 0.15) is 5.03 Å². The first kappa shape index (κ1) is 8.75. The smallest absolute Gasteiger partial charge is 0.176 e. The molecular weight excluding hydrogens is 182 g/mol. The van der Waals surface area contributed by atoms with E-state index in [1.54, 1.807) is 11.8 Å². The zero-order valence-corrected chi connectivity index (χ0v) is 8.79. The lowest BCUT2D eigenvalue weighted by Crippen LogP contribution is -2.03. The minimum atomic E-state index is 0.230. The van der Waals surface area contributed by atoms with Crippen LogP contribution in [0.3, 0.4) is 0 Å². The third kappa shape index (κ3) is 1.18. The zero-order chi connectivity index (χ0) is 9.59. The second-order valence-electron chi connectivity index (χ2n) is 3.34. The standard InChI is InChI=1S/C10H11NOS/c1-5-6(2)9-8(12)4-13-10(9)11-7(5)3/h4H2,1-3H3. The quantitative estimate of drug-likeness (QED) is 0.633. The summed E-state index contributed by atoms with van der Waals surface area (Å²) in [5.74, 6) is 0.791. The first-order valence-corrected chi connectivity index (χ1v) is 5.23. The summed E-state index contributed by atoms with van der Waals surface area (Å²) >= 11 is 1.55. The highest BCUT2D eigenvalue weighted by molar-refractivity contribution is 8.00. The molecule has 68 valence electrons. The van der Waals surface area contributed by atoms with Crippen LogP contribution in [-0.2, 0) is 0 Å². The third-order valence-electron chi connectivity index (χ3n) is 2.58. The van der Waals surface area contributed by atoms with Crippen molar-refractivity contribution < 1.29 is 4.79 Å². The zero-order valence-electron chi connectivity index (χ0n) is 7.97. The van der Waals surface area contributed by atoms with Crippen LogP contribution in [0.5, 0.6) is 0 Å². The number of hydrogen-bond acceptors (Lipinski definition) is 3. The van der Waals surface area contributed by atoms with E-state index in [4.69, 9.17) is 0 Å². The van der Waals surface area contributed by atoms with Crippen molar-refractivity contribution in [1.29, 1.82) is 0 Å². The normalized spacial score (nSPS) is 14.8. The van der Waals surface area contributed by atoms with Gasteiger partial charge in [0.2, 0.25) is 0 Å². The molecule has 0 amide bonds. The average Bonchev–Trinajstić information content (AvgIpc) is 2.43. The molecule has 0 fully saturated rings. The largest absolute Gasteiger partial charge is 0.293 e. The first-order valence-electron chi connectivity index (χ1n) is 4.25. The number of thioether (sulfide) groups is 1. The predicted molar refractivity (Wildman–Crippen MR) is 53.5 cm³/mol. The molecule has 1 aromatic rings. The molecule has 1 aromatic heterocycles. The summed E-state index contributed by atoms with van der Waals surface area (Å²) in [6.45, 7) is 6.02. The van der Waals surface area contributed by atoms with Crippen LogP contribution in [0.4, 0.5) is 0 Å². The summed E-state index contributed by atoms with van der Waals surface area (Å²) in [7, 11) is 0. The lowest BCUT2D eigenvalue weighted by molar-refractivity contribution is 0.102. The number of carbonyl (C=O) groups excluding carboxylic acids is 1. The second kappa shape index (κ2) is 2.84. The van der Waals surface area contributed by atoms with Gasteiger partial charge in [-0.05, 0) is 31.9 Å². The summed E-state index contributed by atoms with van der Waals surface area (Å²) < 4.78 is 0. The maximum Gasteiger partial charge on any atom is 0.176 e. The number of carbonyl (C=O) groups is 1. The minimum Gasteiger partial charge on any atom is -0.293 e. The molecule has 1 aliphatic heterocycles. The minimum absolute atomic E-state index is 0.230. The van der Waals surface area contributed by atoms with E-state index in [1.807, 2.05) is 20.8 Å². The highest BCUT2D eigenvalue weighted by Gasteiger charge is 2.25. The van der Waals surface area contributed by atoms with Gasteiger partial charge < -0.3 is 0 Å². The van der Waals surface area contributed by atoms with E-state index in [2.05, 4.69) is 4.98 Å². The van der Waals surface area contributed by atoms with Crippen molar-refractivity contribution in [1.82, 2.24) is 4.98 Å². The molecule has 0 atom stereocenters. The van der Waals surface area contributed by atoms with E-state index in [0.29, 0.717) is 5.75 Å². The topological polar surface area (TPSA) is 30.0 Å². The molecule has 0 unspecified atom stereocenters. The van der Waals surface area contributed by atoms with E-state index in [9.17, 15) is 4.79 Å². The summed E-state index contributed by atoms with van der Waals surface area (Å²) in [6, 6.07) is 0. The Kier molecular flexibility index (Phi) is 1.91. The van der Waals surface area contributed by atoms with Gasteiger partial charge in [-0.2, -0.15) is 0 Å². The Labute approximate surface area is 81.8 Å². The average molecular weight is 193 g/mol. The summed E-state index contributed by atoms with van der Waals surface area (Å²) in [4.78, 5) is 15.9. The van der Waals surface area contributed by atoms with Crippen LogP contribution >= 0.6 is 11.8 Å². The molecule has 1 aliphatic rings. The summed E-state index contributed by atoms with van der Waals surface area (Å²) in [5, 5.41) is 0.922. The maximum absolute atomic E-state index is 11.5. The molecule has 2 heterocycles. The monoisotopic (exact) mass is 193 g/mol. The molecule has 0 saturated carbocycles. The Hall–Kier alpha value is -0.830. The Morgan fingerprint density at radius 3 is 2.62 bits per heavy atom. The molecule has 2 rings (SSSR count). The maximum atomic E-state index is 11.5. The highest BCUT2D eigenvalue weighted by Crippen LogP contribution is 2.33. The van der Waals surface area contributed by atoms with Crippen molar-refractivity contribution in [3.8, 4) is 0 Å². The Morgan fingerprint density at radius 2 is 1.92 bits per heavy atom. The molecule has 0 radical (unpaired) electrons. The van der Waals surface area contributed by atoms with Crippen molar-refractivity contribution in [2.24, 2.45) is 0 Å². The van der Waals surface area contributed by atoms with Crippen LogP contribution in [-0.4, -0.2) is 16.5 Å². The Morgan fingerprint density at radius 1 is 1.23 bits per heavy atom. The van der Waals surface area contributed by atoms with Crippen LogP contribution in [0.2, 0.25) is 0 Å². The van der Waals surface area contributed by atoms with Gasteiger partial charge in [0.25, 0.3) is 0 Å². The third-order valence-corrected chi connectivity index (χ3v) is 3.56. The molecule has 0 aliphatic carbocycles. The second-order valence-corrected chi connectivity index (χ2v) is 4.30. The molecule has 0 saturated heterocycles. The number of pyridine rings is 1. The van der Waals surface area contributed by atoms with Gasteiger partial charge in [0.05, 0.1) is 11.3 Å². The number of fused-ring (bicyclic) bond motifs is 1. The van der Waals surface area contributed by atoms with Crippen LogP contribution in [0.1, 0.15) is 27.2 Å². The summed E-state index contributed by atoms with van der Waals surface area (Å²) in [6.07, 6.45) is 0. The Bertz CT molecular complexity index is 398. The molecule has 0 spiro atoms. The Balaban J connectivity index is 2.75. The van der Waals surface area contributed by atoms with E-state index in [-0.39, 0.29) is 5.78 Å². The van der Waals surface area contributed by atoms with Gasteiger partial charge in [0.15, 0.2) is 5.78 Å². The summed E-state index contributed by atoms with van der Waals surface area (Å²) in [5.41, 5.74) is 4.15. The number of nitrogens with zero attached hydrogens (tertiary/aromatic N) is 1. The number of ketones is 1. The lowest BCUT2D eigenvalue weighted by Gasteiger charge is -2.07. The molecular formula is C10H11NOS. The molecule has 0 N–H and O–H groups in total. The lowest BCUT2D eigenvalue weighted by atomic mass is 10.0.